The topological polar surface area (TPSA) is 26.0 Å². The second-order valence-electron chi connectivity index (χ2n) is 2.89. The summed E-state index contributed by atoms with van der Waals surface area (Å²) < 4.78 is 5.43. The third-order valence-corrected chi connectivity index (χ3v) is 1.91. The number of nitrogens with zero attached hydrogens (tertiary/aromatic N) is 1. The van der Waals surface area contributed by atoms with Crippen LogP contribution in [0.5, 0.6) is 0 Å². The number of rotatable bonds is 1. The normalized spacial score (nSPS) is 10.3. The highest BCUT2D eigenvalue weighted by molar-refractivity contribution is 5.53. The van der Waals surface area contributed by atoms with Gasteiger partial charge in [0.15, 0.2) is 0 Å². The molecule has 0 atom stereocenters. The summed E-state index contributed by atoms with van der Waals surface area (Å²) in [6.07, 6.45) is 0. The standard InChI is InChI=1S/C11H10NO/c1-8-9(2)13-11(12-8)10-6-4-3-5-7-10/h3-7H,1H2,2H3. The van der Waals surface area contributed by atoms with Crippen molar-refractivity contribution in [1.82, 2.24) is 4.98 Å². The molecule has 0 saturated carbocycles. The fourth-order valence-corrected chi connectivity index (χ4v) is 1.13. The molecule has 1 aromatic heterocycles. The lowest BCUT2D eigenvalue weighted by molar-refractivity contribution is 0.541. The summed E-state index contributed by atoms with van der Waals surface area (Å²) in [6, 6.07) is 9.80. The molecule has 13 heavy (non-hydrogen) atoms. The SMILES string of the molecule is [CH2]c1nc(-c2ccccc2)oc1C. The summed E-state index contributed by atoms with van der Waals surface area (Å²) >= 11 is 0. The average molecular weight is 172 g/mol. The molecular formula is C11H10NO. The quantitative estimate of drug-likeness (QED) is 0.661. The summed E-state index contributed by atoms with van der Waals surface area (Å²) in [5.74, 6) is 1.42. The van der Waals surface area contributed by atoms with Crippen molar-refractivity contribution in [3.63, 3.8) is 0 Å². The summed E-state index contributed by atoms with van der Waals surface area (Å²) in [7, 11) is 0. The third kappa shape index (κ3) is 1.47. The van der Waals surface area contributed by atoms with E-state index < -0.39 is 0 Å². The van der Waals surface area contributed by atoms with Crippen LogP contribution in [0.2, 0.25) is 0 Å². The zero-order chi connectivity index (χ0) is 9.26. The van der Waals surface area contributed by atoms with Gasteiger partial charge in [0.1, 0.15) is 5.76 Å². The molecule has 0 bridgehead atoms. The molecule has 0 aliphatic heterocycles. The first-order valence-corrected chi connectivity index (χ1v) is 4.12. The van der Waals surface area contributed by atoms with Crippen LogP contribution in [0.1, 0.15) is 11.5 Å². The van der Waals surface area contributed by atoms with Gasteiger partial charge in [0, 0.05) is 5.56 Å². The zero-order valence-corrected chi connectivity index (χ0v) is 7.45. The second-order valence-corrected chi connectivity index (χ2v) is 2.89. The van der Waals surface area contributed by atoms with Crippen molar-refractivity contribution < 1.29 is 4.42 Å². The van der Waals surface area contributed by atoms with Gasteiger partial charge in [-0.25, -0.2) is 4.98 Å². The van der Waals surface area contributed by atoms with E-state index in [2.05, 4.69) is 11.9 Å². The van der Waals surface area contributed by atoms with Crippen LogP contribution in [0.25, 0.3) is 11.5 Å². The lowest BCUT2D eigenvalue weighted by Gasteiger charge is -1.91. The first-order valence-electron chi connectivity index (χ1n) is 4.12. The van der Waals surface area contributed by atoms with Gasteiger partial charge < -0.3 is 4.42 Å². The van der Waals surface area contributed by atoms with Crippen molar-refractivity contribution in [3.05, 3.63) is 48.7 Å². The first kappa shape index (κ1) is 8.05. The number of benzene rings is 1. The Morgan fingerprint density at radius 2 is 1.92 bits per heavy atom. The number of hydrogen-bond acceptors (Lipinski definition) is 2. The molecule has 0 aliphatic rings. The Kier molecular flexibility index (Phi) is 1.89. The van der Waals surface area contributed by atoms with E-state index in [0.29, 0.717) is 11.6 Å². The van der Waals surface area contributed by atoms with Gasteiger partial charge in [-0.15, -0.1) is 0 Å². The predicted molar refractivity (Wildman–Crippen MR) is 51.1 cm³/mol. The molecule has 2 aromatic rings. The lowest BCUT2D eigenvalue weighted by atomic mass is 10.2. The zero-order valence-electron chi connectivity index (χ0n) is 7.45. The predicted octanol–water partition coefficient (Wildman–Crippen LogP) is 2.83. The fourth-order valence-electron chi connectivity index (χ4n) is 1.13. The maximum atomic E-state index is 5.43. The average Bonchev–Trinajstić information content (AvgIpc) is 2.49. The maximum Gasteiger partial charge on any atom is 0.226 e. The molecule has 1 heterocycles. The van der Waals surface area contributed by atoms with Gasteiger partial charge in [-0.3, -0.25) is 0 Å². The number of aromatic nitrogens is 1. The van der Waals surface area contributed by atoms with Gasteiger partial charge >= 0.3 is 0 Å². The number of hydrogen-bond donors (Lipinski definition) is 0. The van der Waals surface area contributed by atoms with Crippen LogP contribution in [0.4, 0.5) is 0 Å². The number of oxazole rings is 1. The molecule has 1 aromatic carbocycles. The highest BCUT2D eigenvalue weighted by atomic mass is 16.4. The monoisotopic (exact) mass is 172 g/mol. The van der Waals surface area contributed by atoms with Crippen molar-refractivity contribution in [1.29, 1.82) is 0 Å². The summed E-state index contributed by atoms with van der Waals surface area (Å²) in [6.45, 7) is 5.62. The van der Waals surface area contributed by atoms with E-state index in [9.17, 15) is 0 Å². The Morgan fingerprint density at radius 3 is 2.46 bits per heavy atom. The van der Waals surface area contributed by atoms with E-state index in [1.165, 1.54) is 0 Å². The molecule has 0 fully saturated rings. The largest absolute Gasteiger partial charge is 0.441 e. The van der Waals surface area contributed by atoms with Gasteiger partial charge in [-0.05, 0) is 26.0 Å². The van der Waals surface area contributed by atoms with Crippen LogP contribution in [0.3, 0.4) is 0 Å². The Balaban J connectivity index is 2.48. The minimum Gasteiger partial charge on any atom is -0.441 e. The molecule has 0 spiro atoms. The van der Waals surface area contributed by atoms with Crippen LogP contribution >= 0.6 is 0 Å². The molecule has 2 nitrogen and oxygen atoms in total. The van der Waals surface area contributed by atoms with Gasteiger partial charge in [0.2, 0.25) is 5.89 Å². The fraction of sp³-hybridized carbons (Fsp3) is 0.0909. The van der Waals surface area contributed by atoms with Crippen molar-refractivity contribution in [2.75, 3.05) is 0 Å². The molecule has 65 valence electrons. The number of aryl methyl sites for hydroxylation is 1. The molecule has 0 saturated heterocycles. The van der Waals surface area contributed by atoms with Crippen molar-refractivity contribution in [2.24, 2.45) is 0 Å². The van der Waals surface area contributed by atoms with Gasteiger partial charge in [-0.2, -0.15) is 0 Å². The van der Waals surface area contributed by atoms with Crippen molar-refractivity contribution in [2.45, 2.75) is 6.92 Å². The van der Waals surface area contributed by atoms with Crippen LogP contribution in [0, 0.1) is 13.8 Å². The summed E-state index contributed by atoms with van der Waals surface area (Å²) in [5, 5.41) is 0. The first-order chi connectivity index (χ1) is 6.27. The molecule has 2 rings (SSSR count). The van der Waals surface area contributed by atoms with Crippen molar-refractivity contribution >= 4 is 0 Å². The Labute approximate surface area is 77.2 Å². The van der Waals surface area contributed by atoms with E-state index >= 15 is 0 Å². The Morgan fingerprint density at radius 1 is 1.23 bits per heavy atom. The Hall–Kier alpha value is -1.57. The van der Waals surface area contributed by atoms with Crippen LogP contribution in [0.15, 0.2) is 34.7 Å². The van der Waals surface area contributed by atoms with Gasteiger partial charge in [0.05, 0.1) is 5.69 Å². The van der Waals surface area contributed by atoms with E-state index in [1.54, 1.807) is 0 Å². The lowest BCUT2D eigenvalue weighted by Crippen LogP contribution is -1.76. The van der Waals surface area contributed by atoms with E-state index in [0.717, 1.165) is 11.3 Å². The van der Waals surface area contributed by atoms with Gasteiger partial charge in [-0.1, -0.05) is 18.2 Å². The highest BCUT2D eigenvalue weighted by Gasteiger charge is 2.06. The van der Waals surface area contributed by atoms with Gasteiger partial charge in [0.25, 0.3) is 0 Å². The van der Waals surface area contributed by atoms with Crippen LogP contribution in [-0.2, 0) is 0 Å². The Bertz CT molecular complexity index is 384. The molecule has 0 unspecified atom stereocenters. The molecule has 1 radical (unpaired) electrons. The third-order valence-electron chi connectivity index (χ3n) is 1.91. The van der Waals surface area contributed by atoms with Crippen molar-refractivity contribution in [3.8, 4) is 11.5 Å². The highest BCUT2D eigenvalue weighted by Crippen LogP contribution is 2.20. The van der Waals surface area contributed by atoms with E-state index in [4.69, 9.17) is 4.42 Å². The summed E-state index contributed by atoms with van der Waals surface area (Å²) in [4.78, 5) is 4.20. The maximum absolute atomic E-state index is 5.43. The minimum atomic E-state index is 0.642. The van der Waals surface area contributed by atoms with Crippen LogP contribution < -0.4 is 0 Å². The van der Waals surface area contributed by atoms with E-state index in [-0.39, 0.29) is 0 Å². The molecule has 0 amide bonds. The minimum absolute atomic E-state index is 0.642. The second kappa shape index (κ2) is 3.05. The molecular weight excluding hydrogens is 162 g/mol. The summed E-state index contributed by atoms with van der Waals surface area (Å²) in [5.41, 5.74) is 1.69. The van der Waals surface area contributed by atoms with E-state index in [1.807, 2.05) is 37.3 Å². The van der Waals surface area contributed by atoms with Crippen LogP contribution in [-0.4, -0.2) is 4.98 Å². The molecule has 2 heteroatoms. The molecule has 0 aliphatic carbocycles. The smallest absolute Gasteiger partial charge is 0.226 e. The molecule has 0 N–H and O–H groups in total.